The molecular formula is C40H38N10O3. The van der Waals surface area contributed by atoms with Crippen molar-refractivity contribution in [1.82, 2.24) is 40.3 Å². The fourth-order valence-electron chi connectivity index (χ4n) is 5.25. The number of nitrogens with one attached hydrogen (secondary N) is 2. The van der Waals surface area contributed by atoms with Gasteiger partial charge in [-0.25, -0.2) is 14.8 Å². The molecule has 13 nitrogen and oxygen atoms in total. The third kappa shape index (κ3) is 9.52. The Morgan fingerprint density at radius 3 is 1.62 bits per heavy atom. The monoisotopic (exact) mass is 706 g/mol. The minimum absolute atomic E-state index is 0.0592. The van der Waals surface area contributed by atoms with E-state index in [0.29, 0.717) is 70.1 Å². The summed E-state index contributed by atoms with van der Waals surface area (Å²) in [5.41, 5.74) is 6.52. The molecule has 0 bridgehead atoms. The van der Waals surface area contributed by atoms with Gasteiger partial charge in [-0.15, -0.1) is 10.2 Å². The van der Waals surface area contributed by atoms with Crippen LogP contribution >= 0.6 is 0 Å². The molecule has 6 heterocycles. The standard InChI is InChI=1S/C24H23N5O.C16H15N5O2/c1-16(2)18-13-24(29-26-15-18)28-23-11-9-20-21(27-23)12-19(14-25-20)22(30)10-8-17-6-4-3-5-7-17;1-9(2)10-6-15(21-18-8-10)20-14-4-3-12-13(19-14)5-11(7-17-12)16(22)23/h3-7,9,11-16H,8,10H2,1-2H3,(H,27,28,29);3-9H,1-2H3,(H,22,23)(H,19,20,21). The molecule has 6 aromatic heterocycles. The average Bonchev–Trinajstić information content (AvgIpc) is 3.17. The highest BCUT2D eigenvalue weighted by Crippen LogP contribution is 2.22. The van der Waals surface area contributed by atoms with Crippen LogP contribution in [0.15, 0.2) is 104 Å². The summed E-state index contributed by atoms with van der Waals surface area (Å²) in [7, 11) is 0. The number of carbonyl (C=O) groups excluding carboxylic acids is 1. The van der Waals surface area contributed by atoms with Crippen molar-refractivity contribution in [3.8, 4) is 0 Å². The topological polar surface area (TPSA) is 182 Å². The summed E-state index contributed by atoms with van der Waals surface area (Å²) in [6.45, 7) is 8.37. The summed E-state index contributed by atoms with van der Waals surface area (Å²) < 4.78 is 0. The number of benzene rings is 1. The fourth-order valence-corrected chi connectivity index (χ4v) is 5.25. The molecule has 53 heavy (non-hydrogen) atoms. The number of carboxylic acids is 1. The lowest BCUT2D eigenvalue weighted by molar-refractivity contribution is 0.0696. The van der Waals surface area contributed by atoms with Gasteiger partial charge in [0.1, 0.15) is 11.6 Å². The molecule has 7 aromatic rings. The van der Waals surface area contributed by atoms with Crippen LogP contribution in [0.3, 0.4) is 0 Å². The maximum absolute atomic E-state index is 12.6. The predicted molar refractivity (Wildman–Crippen MR) is 204 cm³/mol. The number of hydrogen-bond donors (Lipinski definition) is 3. The second-order valence-corrected chi connectivity index (χ2v) is 12.9. The van der Waals surface area contributed by atoms with E-state index in [0.717, 1.165) is 22.2 Å². The van der Waals surface area contributed by atoms with E-state index < -0.39 is 5.97 Å². The number of aromatic carboxylic acids is 1. The van der Waals surface area contributed by atoms with Crippen LogP contribution in [-0.4, -0.2) is 57.2 Å². The maximum Gasteiger partial charge on any atom is 0.337 e. The highest BCUT2D eigenvalue weighted by Gasteiger charge is 2.11. The Hall–Kier alpha value is -6.76. The molecule has 0 aliphatic heterocycles. The lowest BCUT2D eigenvalue weighted by Gasteiger charge is -2.09. The summed E-state index contributed by atoms with van der Waals surface area (Å²) in [5, 5.41) is 31.5. The minimum Gasteiger partial charge on any atom is -0.478 e. The van der Waals surface area contributed by atoms with Crippen LogP contribution in [0, 0.1) is 0 Å². The predicted octanol–water partition coefficient (Wildman–Crippen LogP) is 8.09. The van der Waals surface area contributed by atoms with Gasteiger partial charge in [0.25, 0.3) is 0 Å². The van der Waals surface area contributed by atoms with Crippen molar-refractivity contribution in [2.75, 3.05) is 10.6 Å². The van der Waals surface area contributed by atoms with Crippen LogP contribution in [0.25, 0.3) is 22.1 Å². The zero-order chi connectivity index (χ0) is 37.3. The van der Waals surface area contributed by atoms with Crippen molar-refractivity contribution >= 4 is 57.1 Å². The largest absolute Gasteiger partial charge is 0.478 e. The van der Waals surface area contributed by atoms with E-state index in [1.54, 1.807) is 36.8 Å². The Morgan fingerprint density at radius 2 is 1.11 bits per heavy atom. The van der Waals surface area contributed by atoms with E-state index in [1.165, 1.54) is 12.3 Å². The quantitative estimate of drug-likeness (QED) is 0.110. The molecule has 0 amide bonds. The van der Waals surface area contributed by atoms with Crippen molar-refractivity contribution in [3.63, 3.8) is 0 Å². The Morgan fingerprint density at radius 1 is 0.604 bits per heavy atom. The van der Waals surface area contributed by atoms with Crippen LogP contribution in [-0.2, 0) is 6.42 Å². The molecule has 3 N–H and O–H groups in total. The molecule has 0 fully saturated rings. The van der Waals surface area contributed by atoms with Gasteiger partial charge in [-0.2, -0.15) is 10.2 Å². The maximum atomic E-state index is 12.6. The number of fused-ring (bicyclic) bond motifs is 2. The van der Waals surface area contributed by atoms with Gasteiger partial charge >= 0.3 is 5.97 Å². The first-order chi connectivity index (χ1) is 25.6. The zero-order valence-corrected chi connectivity index (χ0v) is 29.7. The molecule has 0 aliphatic carbocycles. The molecule has 7 rings (SSSR count). The fraction of sp³-hybridized carbons (Fsp3) is 0.200. The molecule has 0 spiro atoms. The van der Waals surface area contributed by atoms with Crippen LogP contribution in [0.1, 0.15) is 83.4 Å². The highest BCUT2D eigenvalue weighted by atomic mass is 16.4. The van der Waals surface area contributed by atoms with E-state index in [2.05, 4.69) is 78.7 Å². The lowest BCUT2D eigenvalue weighted by atomic mass is 10.0. The van der Waals surface area contributed by atoms with Crippen molar-refractivity contribution in [2.24, 2.45) is 0 Å². The lowest BCUT2D eigenvalue weighted by Crippen LogP contribution is -2.03. The van der Waals surface area contributed by atoms with Gasteiger partial charge in [-0.3, -0.25) is 14.8 Å². The number of aromatic nitrogens is 8. The van der Waals surface area contributed by atoms with Gasteiger partial charge in [0, 0.05) is 24.4 Å². The van der Waals surface area contributed by atoms with E-state index in [9.17, 15) is 9.59 Å². The molecule has 0 unspecified atom stereocenters. The summed E-state index contributed by atoms with van der Waals surface area (Å²) in [5.74, 6) is 2.14. The molecular weight excluding hydrogens is 669 g/mol. The molecule has 0 aliphatic rings. The summed E-state index contributed by atoms with van der Waals surface area (Å²) in [4.78, 5) is 41.1. The van der Waals surface area contributed by atoms with Gasteiger partial charge in [0.05, 0.1) is 40.0 Å². The van der Waals surface area contributed by atoms with E-state index in [4.69, 9.17) is 5.11 Å². The number of carboxylic acid groups (broad SMARTS) is 1. The van der Waals surface area contributed by atoms with Crippen LogP contribution < -0.4 is 10.6 Å². The van der Waals surface area contributed by atoms with Crippen molar-refractivity contribution in [1.29, 1.82) is 0 Å². The average molecular weight is 707 g/mol. The second kappa shape index (κ2) is 16.5. The third-order valence-electron chi connectivity index (χ3n) is 8.32. The number of anilines is 4. The van der Waals surface area contributed by atoms with Crippen molar-refractivity contribution in [3.05, 3.63) is 131 Å². The molecule has 1 aromatic carbocycles. The van der Waals surface area contributed by atoms with Crippen molar-refractivity contribution < 1.29 is 14.7 Å². The first-order valence-corrected chi connectivity index (χ1v) is 17.1. The normalized spacial score (nSPS) is 11.0. The van der Waals surface area contributed by atoms with Gasteiger partial charge in [-0.1, -0.05) is 58.0 Å². The number of pyridine rings is 4. The first-order valence-electron chi connectivity index (χ1n) is 17.1. The van der Waals surface area contributed by atoms with Gasteiger partial charge in [-0.05, 0) is 83.5 Å². The molecule has 266 valence electrons. The number of nitrogens with zero attached hydrogens (tertiary/aromatic N) is 8. The van der Waals surface area contributed by atoms with Crippen LogP contribution in [0.5, 0.6) is 0 Å². The summed E-state index contributed by atoms with van der Waals surface area (Å²) >= 11 is 0. The Labute approximate surface area is 306 Å². The van der Waals surface area contributed by atoms with E-state index >= 15 is 0 Å². The van der Waals surface area contributed by atoms with E-state index in [1.807, 2.05) is 54.6 Å². The zero-order valence-electron chi connectivity index (χ0n) is 29.7. The second-order valence-electron chi connectivity index (χ2n) is 12.9. The molecule has 13 heteroatoms. The Bertz CT molecular complexity index is 2390. The SMILES string of the molecule is CC(C)c1cnnc(Nc2ccc3ncc(C(=O)CCc4ccccc4)cc3n2)c1.CC(C)c1cnnc(Nc2ccc3ncc(C(=O)O)cc3n2)c1. The minimum atomic E-state index is -1.03. The molecule has 0 atom stereocenters. The van der Waals surface area contributed by atoms with Gasteiger partial charge < -0.3 is 15.7 Å². The molecule has 0 radical (unpaired) electrons. The third-order valence-corrected chi connectivity index (χ3v) is 8.32. The number of hydrogen-bond acceptors (Lipinski definition) is 12. The summed E-state index contributed by atoms with van der Waals surface area (Å²) in [6, 6.07) is 24.4. The number of ketones is 1. The number of aryl methyl sites for hydroxylation is 1. The van der Waals surface area contributed by atoms with Gasteiger partial charge in [0.2, 0.25) is 0 Å². The smallest absolute Gasteiger partial charge is 0.337 e. The van der Waals surface area contributed by atoms with Crippen LogP contribution in [0.4, 0.5) is 23.3 Å². The number of rotatable bonds is 11. The summed E-state index contributed by atoms with van der Waals surface area (Å²) in [6.07, 6.45) is 7.58. The van der Waals surface area contributed by atoms with E-state index in [-0.39, 0.29) is 11.3 Å². The van der Waals surface area contributed by atoms with Crippen molar-refractivity contribution in [2.45, 2.75) is 52.4 Å². The first kappa shape index (κ1) is 36.0. The van der Waals surface area contributed by atoms with Crippen LogP contribution in [0.2, 0.25) is 0 Å². The molecule has 0 saturated heterocycles. The Balaban J connectivity index is 0.000000188. The Kier molecular flexibility index (Phi) is 11.2. The number of carbonyl (C=O) groups is 2. The molecule has 0 saturated carbocycles. The number of Topliss-reactive ketones (excluding diaryl/α,β-unsaturated/α-hetero) is 1. The highest BCUT2D eigenvalue weighted by molar-refractivity contribution is 5.98. The van der Waals surface area contributed by atoms with Gasteiger partial charge in [0.15, 0.2) is 17.4 Å².